The zero-order valence-corrected chi connectivity index (χ0v) is 10.1. The lowest BCUT2D eigenvalue weighted by molar-refractivity contribution is 0.734. The van der Waals surface area contributed by atoms with Gasteiger partial charge in [0, 0.05) is 7.05 Å². The average Bonchev–Trinajstić information content (AvgIpc) is 2.53. The van der Waals surface area contributed by atoms with Crippen molar-refractivity contribution in [2.75, 3.05) is 0 Å². The Labute approximate surface area is 93.2 Å². The van der Waals surface area contributed by atoms with Gasteiger partial charge in [-0.2, -0.15) is 0 Å². The van der Waals surface area contributed by atoms with Gasteiger partial charge in [0.15, 0.2) is 0 Å². The summed E-state index contributed by atoms with van der Waals surface area (Å²) in [7, 11) is 1.82. The van der Waals surface area contributed by atoms with Crippen molar-refractivity contribution in [3.63, 3.8) is 0 Å². The second kappa shape index (κ2) is 3.81. The van der Waals surface area contributed by atoms with Crippen molar-refractivity contribution >= 4 is 21.6 Å². The average molecular weight is 221 g/mol. The smallest absolute Gasteiger partial charge is 0.302 e. The zero-order valence-electron chi connectivity index (χ0n) is 9.28. The summed E-state index contributed by atoms with van der Waals surface area (Å²) in [6.45, 7) is 4.40. The van der Waals surface area contributed by atoms with Gasteiger partial charge in [0.1, 0.15) is 0 Å². The molecule has 0 fully saturated rings. The van der Waals surface area contributed by atoms with Crippen molar-refractivity contribution in [1.29, 1.82) is 0 Å². The Hall–Kier alpha value is -1.09. The third-order valence-corrected chi connectivity index (χ3v) is 3.99. The Morgan fingerprint density at radius 3 is 2.87 bits per heavy atom. The number of hydrogen-bond donors (Lipinski definition) is 0. The highest BCUT2D eigenvalue weighted by molar-refractivity contribution is 7.16. The van der Waals surface area contributed by atoms with Crippen LogP contribution in [0.4, 0.5) is 0 Å². The van der Waals surface area contributed by atoms with Gasteiger partial charge in [0.05, 0.1) is 10.2 Å². The highest BCUT2D eigenvalue weighted by atomic mass is 32.1. The molecule has 1 aromatic heterocycles. The molecule has 2 aromatic rings. The van der Waals surface area contributed by atoms with Crippen LogP contribution in [0.15, 0.2) is 23.0 Å². The zero-order chi connectivity index (χ0) is 11.0. The topological polar surface area (TPSA) is 22.0 Å². The van der Waals surface area contributed by atoms with E-state index in [2.05, 4.69) is 32.0 Å². The van der Waals surface area contributed by atoms with E-state index in [0.717, 1.165) is 16.6 Å². The van der Waals surface area contributed by atoms with E-state index in [0.29, 0.717) is 5.92 Å². The lowest BCUT2D eigenvalue weighted by Gasteiger charge is -2.08. The quantitative estimate of drug-likeness (QED) is 0.763. The molecule has 1 unspecified atom stereocenters. The van der Waals surface area contributed by atoms with Gasteiger partial charge in [-0.1, -0.05) is 31.3 Å². The lowest BCUT2D eigenvalue weighted by Crippen LogP contribution is -2.06. The normalized spacial score (nSPS) is 13.3. The molecule has 0 bridgehead atoms. The van der Waals surface area contributed by atoms with Crippen molar-refractivity contribution in [2.24, 2.45) is 7.05 Å². The number of hydrogen-bond acceptors (Lipinski definition) is 2. The van der Waals surface area contributed by atoms with Gasteiger partial charge >= 0.3 is 4.87 Å². The Balaban J connectivity index is 2.62. The summed E-state index contributed by atoms with van der Waals surface area (Å²) in [5, 5.41) is 0. The minimum atomic E-state index is 0.117. The van der Waals surface area contributed by atoms with Crippen LogP contribution in [-0.4, -0.2) is 4.57 Å². The maximum atomic E-state index is 11.5. The second-order valence-electron chi connectivity index (χ2n) is 3.96. The van der Waals surface area contributed by atoms with Gasteiger partial charge in [0.25, 0.3) is 0 Å². The Morgan fingerprint density at radius 1 is 1.47 bits per heavy atom. The molecule has 15 heavy (non-hydrogen) atoms. The van der Waals surface area contributed by atoms with Crippen LogP contribution < -0.4 is 4.87 Å². The van der Waals surface area contributed by atoms with Crippen LogP contribution in [-0.2, 0) is 7.05 Å². The molecule has 3 heteroatoms. The molecule has 0 saturated carbocycles. The molecule has 0 aliphatic heterocycles. The SMILES string of the molecule is CCC(C)c1ccc2c(c1)sc(=O)n2C. The summed E-state index contributed by atoms with van der Waals surface area (Å²) < 4.78 is 2.81. The summed E-state index contributed by atoms with van der Waals surface area (Å²) in [6.07, 6.45) is 1.13. The van der Waals surface area contributed by atoms with E-state index in [4.69, 9.17) is 0 Å². The van der Waals surface area contributed by atoms with E-state index in [1.807, 2.05) is 7.05 Å². The van der Waals surface area contributed by atoms with Crippen LogP contribution in [0, 0.1) is 0 Å². The molecular weight excluding hydrogens is 206 g/mol. The number of aryl methyl sites for hydroxylation is 1. The van der Waals surface area contributed by atoms with Crippen LogP contribution in [0.5, 0.6) is 0 Å². The highest BCUT2D eigenvalue weighted by Crippen LogP contribution is 2.24. The van der Waals surface area contributed by atoms with Gasteiger partial charge in [0.2, 0.25) is 0 Å². The van der Waals surface area contributed by atoms with E-state index in [1.165, 1.54) is 16.9 Å². The first-order chi connectivity index (χ1) is 7.13. The second-order valence-corrected chi connectivity index (χ2v) is 4.96. The Bertz CT molecular complexity index is 538. The fraction of sp³-hybridized carbons (Fsp3) is 0.417. The molecule has 0 amide bonds. The minimum Gasteiger partial charge on any atom is -0.302 e. The molecule has 0 spiro atoms. The Kier molecular flexibility index (Phi) is 2.65. The predicted molar refractivity (Wildman–Crippen MR) is 65.8 cm³/mol. The summed E-state index contributed by atoms with van der Waals surface area (Å²) >= 11 is 1.33. The summed E-state index contributed by atoms with van der Waals surface area (Å²) in [6, 6.07) is 6.33. The van der Waals surface area contributed by atoms with Gasteiger partial charge in [-0.05, 0) is 30.0 Å². The number of thiazole rings is 1. The number of rotatable bonds is 2. The summed E-state index contributed by atoms with van der Waals surface area (Å²) in [5.41, 5.74) is 2.36. The van der Waals surface area contributed by atoms with Gasteiger partial charge < -0.3 is 4.57 Å². The molecule has 0 N–H and O–H groups in total. The molecule has 2 nitrogen and oxygen atoms in total. The van der Waals surface area contributed by atoms with E-state index >= 15 is 0 Å². The van der Waals surface area contributed by atoms with Crippen molar-refractivity contribution in [3.05, 3.63) is 33.4 Å². The molecule has 80 valence electrons. The van der Waals surface area contributed by atoms with Crippen molar-refractivity contribution in [3.8, 4) is 0 Å². The standard InChI is InChI=1S/C12H15NOS/c1-4-8(2)9-5-6-10-11(7-9)15-12(14)13(10)3/h5-8H,4H2,1-3H3. The van der Waals surface area contributed by atoms with Crippen LogP contribution in [0.25, 0.3) is 10.2 Å². The van der Waals surface area contributed by atoms with E-state index in [-0.39, 0.29) is 4.87 Å². The monoisotopic (exact) mass is 221 g/mol. The number of aromatic nitrogens is 1. The number of benzene rings is 1. The molecule has 2 rings (SSSR count). The maximum Gasteiger partial charge on any atom is 0.307 e. The number of fused-ring (bicyclic) bond motifs is 1. The third kappa shape index (κ3) is 1.72. The molecule has 1 heterocycles. The molecule has 1 atom stereocenters. The van der Waals surface area contributed by atoms with Crippen LogP contribution in [0.3, 0.4) is 0 Å². The van der Waals surface area contributed by atoms with Gasteiger partial charge in [-0.25, -0.2) is 0 Å². The van der Waals surface area contributed by atoms with Crippen LogP contribution in [0.2, 0.25) is 0 Å². The van der Waals surface area contributed by atoms with Crippen LogP contribution >= 0.6 is 11.3 Å². The van der Waals surface area contributed by atoms with Crippen molar-refractivity contribution in [2.45, 2.75) is 26.2 Å². The minimum absolute atomic E-state index is 0.117. The largest absolute Gasteiger partial charge is 0.307 e. The van der Waals surface area contributed by atoms with Crippen molar-refractivity contribution in [1.82, 2.24) is 4.57 Å². The van der Waals surface area contributed by atoms with Crippen molar-refractivity contribution < 1.29 is 0 Å². The molecule has 0 saturated heterocycles. The highest BCUT2D eigenvalue weighted by Gasteiger charge is 2.07. The molecule has 0 aliphatic carbocycles. The first-order valence-electron chi connectivity index (χ1n) is 5.23. The maximum absolute atomic E-state index is 11.5. The van der Waals surface area contributed by atoms with E-state index in [1.54, 1.807) is 4.57 Å². The van der Waals surface area contributed by atoms with E-state index in [9.17, 15) is 4.79 Å². The summed E-state index contributed by atoms with van der Waals surface area (Å²) in [4.78, 5) is 11.6. The predicted octanol–water partition coefficient (Wildman–Crippen LogP) is 3.11. The molecule has 0 aliphatic rings. The fourth-order valence-electron chi connectivity index (χ4n) is 1.69. The molecule has 1 aromatic carbocycles. The first kappa shape index (κ1) is 10.4. The summed E-state index contributed by atoms with van der Waals surface area (Å²) in [5.74, 6) is 0.567. The van der Waals surface area contributed by atoms with Crippen LogP contribution in [0.1, 0.15) is 31.7 Å². The molecular formula is C12H15NOS. The lowest BCUT2D eigenvalue weighted by atomic mass is 9.99. The van der Waals surface area contributed by atoms with E-state index < -0.39 is 0 Å². The fourth-order valence-corrected chi connectivity index (χ4v) is 2.62. The number of nitrogens with zero attached hydrogens (tertiary/aromatic N) is 1. The third-order valence-electron chi connectivity index (χ3n) is 3.00. The van der Waals surface area contributed by atoms with Gasteiger partial charge in [-0.15, -0.1) is 0 Å². The molecule has 0 radical (unpaired) electrons. The Morgan fingerprint density at radius 2 is 2.20 bits per heavy atom. The first-order valence-corrected chi connectivity index (χ1v) is 6.04. The van der Waals surface area contributed by atoms with Gasteiger partial charge in [-0.3, -0.25) is 4.79 Å².